The molecule has 1 aromatic rings. The Morgan fingerprint density at radius 2 is 2.17 bits per heavy atom. The van der Waals surface area contributed by atoms with Gasteiger partial charge in [-0.25, -0.2) is 9.78 Å². The average molecular weight is 271 g/mol. The van der Waals surface area contributed by atoms with Crippen LogP contribution < -0.4 is 5.32 Å². The van der Waals surface area contributed by atoms with Gasteiger partial charge in [-0.1, -0.05) is 18.3 Å². The van der Waals surface area contributed by atoms with E-state index in [-0.39, 0.29) is 16.4 Å². The SMILES string of the molecule is CCN(C)CCNc1nc(C(=O)O)c(C(C)=O)s1. The number of aromatic carboxylic acids is 1. The van der Waals surface area contributed by atoms with Gasteiger partial charge in [0.1, 0.15) is 4.88 Å². The number of rotatable bonds is 7. The molecule has 0 bridgehead atoms. The molecule has 1 heterocycles. The van der Waals surface area contributed by atoms with E-state index in [1.807, 2.05) is 7.05 Å². The van der Waals surface area contributed by atoms with Gasteiger partial charge in [0.05, 0.1) is 0 Å². The number of aromatic nitrogens is 1. The van der Waals surface area contributed by atoms with Crippen LogP contribution in [-0.4, -0.2) is 53.4 Å². The van der Waals surface area contributed by atoms with Gasteiger partial charge in [0.15, 0.2) is 16.6 Å². The molecule has 0 aromatic carbocycles. The van der Waals surface area contributed by atoms with Gasteiger partial charge in [0.2, 0.25) is 0 Å². The topological polar surface area (TPSA) is 82.5 Å². The number of thiazole rings is 1. The maximum absolute atomic E-state index is 11.3. The summed E-state index contributed by atoms with van der Waals surface area (Å²) in [5, 5.41) is 12.4. The summed E-state index contributed by atoms with van der Waals surface area (Å²) < 4.78 is 0. The predicted octanol–water partition coefficient (Wildman–Crippen LogP) is 1.41. The standard InChI is InChI=1S/C11H17N3O3S/c1-4-14(3)6-5-12-11-13-8(10(16)17)9(18-11)7(2)15/h4-6H2,1-3H3,(H,12,13)(H,16,17). The highest BCUT2D eigenvalue weighted by molar-refractivity contribution is 7.17. The number of carbonyl (C=O) groups is 2. The van der Waals surface area contributed by atoms with Gasteiger partial charge in [-0.05, 0) is 13.6 Å². The zero-order chi connectivity index (χ0) is 13.7. The average Bonchev–Trinajstić information content (AvgIpc) is 2.73. The number of likely N-dealkylation sites (N-methyl/N-ethyl adjacent to an activating group) is 1. The third kappa shape index (κ3) is 3.78. The van der Waals surface area contributed by atoms with Crippen LogP contribution in [0.2, 0.25) is 0 Å². The molecule has 0 fully saturated rings. The van der Waals surface area contributed by atoms with Crippen LogP contribution in [0, 0.1) is 0 Å². The highest BCUT2D eigenvalue weighted by atomic mass is 32.1. The zero-order valence-corrected chi connectivity index (χ0v) is 11.5. The molecule has 18 heavy (non-hydrogen) atoms. The molecule has 7 heteroatoms. The van der Waals surface area contributed by atoms with Crippen LogP contribution >= 0.6 is 11.3 Å². The van der Waals surface area contributed by atoms with Gasteiger partial charge < -0.3 is 15.3 Å². The molecule has 1 aromatic heterocycles. The molecule has 0 radical (unpaired) electrons. The van der Waals surface area contributed by atoms with E-state index in [1.54, 1.807) is 0 Å². The maximum Gasteiger partial charge on any atom is 0.356 e. The number of carboxylic acid groups (broad SMARTS) is 1. The van der Waals surface area contributed by atoms with Gasteiger partial charge in [-0.2, -0.15) is 0 Å². The lowest BCUT2D eigenvalue weighted by atomic mass is 10.3. The Morgan fingerprint density at radius 3 is 2.61 bits per heavy atom. The molecule has 100 valence electrons. The van der Waals surface area contributed by atoms with Crippen LogP contribution in [0.3, 0.4) is 0 Å². The van der Waals surface area contributed by atoms with Gasteiger partial charge in [0.25, 0.3) is 0 Å². The van der Waals surface area contributed by atoms with Crippen molar-refractivity contribution >= 4 is 28.2 Å². The fourth-order valence-electron chi connectivity index (χ4n) is 1.29. The summed E-state index contributed by atoms with van der Waals surface area (Å²) in [5.41, 5.74) is -0.168. The summed E-state index contributed by atoms with van der Waals surface area (Å²) in [6.45, 7) is 5.83. The van der Waals surface area contributed by atoms with Crippen molar-refractivity contribution in [3.8, 4) is 0 Å². The number of Topliss-reactive ketones (excluding diaryl/α,β-unsaturated/α-hetero) is 1. The molecular formula is C11H17N3O3S. The Labute approximate surface area is 110 Å². The molecular weight excluding hydrogens is 254 g/mol. The lowest BCUT2D eigenvalue weighted by molar-refractivity contribution is 0.0687. The highest BCUT2D eigenvalue weighted by Gasteiger charge is 2.20. The van der Waals surface area contributed by atoms with Crippen LogP contribution in [-0.2, 0) is 0 Å². The third-order valence-corrected chi connectivity index (χ3v) is 3.57. The Bertz CT molecular complexity index is 413. The number of ketones is 1. The Hall–Kier alpha value is -1.47. The lowest BCUT2D eigenvalue weighted by Gasteiger charge is -2.13. The first kappa shape index (κ1) is 14.6. The summed E-state index contributed by atoms with van der Waals surface area (Å²) in [7, 11) is 1.99. The molecule has 2 N–H and O–H groups in total. The molecule has 0 spiro atoms. The van der Waals surface area contributed by atoms with Crippen molar-refractivity contribution in [3.05, 3.63) is 10.6 Å². The molecule has 0 saturated heterocycles. The Kier molecular flexibility index (Phi) is 5.24. The van der Waals surface area contributed by atoms with E-state index in [0.717, 1.165) is 24.4 Å². The van der Waals surface area contributed by atoms with Gasteiger partial charge >= 0.3 is 5.97 Å². The molecule has 0 unspecified atom stereocenters. The predicted molar refractivity (Wildman–Crippen MR) is 70.7 cm³/mol. The zero-order valence-electron chi connectivity index (χ0n) is 10.7. The number of nitrogens with one attached hydrogen (secondary N) is 1. The van der Waals surface area contributed by atoms with Gasteiger partial charge in [0, 0.05) is 20.0 Å². The first-order valence-corrected chi connectivity index (χ1v) is 6.44. The second kappa shape index (κ2) is 6.46. The molecule has 0 atom stereocenters. The Morgan fingerprint density at radius 1 is 1.50 bits per heavy atom. The quantitative estimate of drug-likeness (QED) is 0.730. The normalized spacial score (nSPS) is 10.7. The molecule has 6 nitrogen and oxygen atoms in total. The highest BCUT2D eigenvalue weighted by Crippen LogP contribution is 2.23. The van der Waals surface area contributed by atoms with Gasteiger partial charge in [-0.3, -0.25) is 4.79 Å². The molecule has 0 saturated carbocycles. The van der Waals surface area contributed by atoms with E-state index in [0.29, 0.717) is 11.7 Å². The van der Waals surface area contributed by atoms with E-state index in [4.69, 9.17) is 5.11 Å². The summed E-state index contributed by atoms with van der Waals surface area (Å²) in [6.07, 6.45) is 0. The molecule has 0 aliphatic rings. The number of nitrogens with zero attached hydrogens (tertiary/aromatic N) is 2. The van der Waals surface area contributed by atoms with Crippen molar-refractivity contribution in [1.82, 2.24) is 9.88 Å². The minimum atomic E-state index is -1.17. The first-order chi connectivity index (χ1) is 8.45. The molecule has 0 aliphatic heterocycles. The number of hydrogen-bond donors (Lipinski definition) is 2. The minimum absolute atomic E-state index is 0.168. The second-order valence-electron chi connectivity index (χ2n) is 3.88. The fourth-order valence-corrected chi connectivity index (χ4v) is 2.17. The first-order valence-electron chi connectivity index (χ1n) is 5.63. The van der Waals surface area contributed by atoms with Crippen LogP contribution in [0.4, 0.5) is 5.13 Å². The van der Waals surface area contributed by atoms with E-state index in [2.05, 4.69) is 22.1 Å². The van der Waals surface area contributed by atoms with Crippen LogP contribution in [0.1, 0.15) is 34.0 Å². The monoisotopic (exact) mass is 271 g/mol. The van der Waals surface area contributed by atoms with E-state index in [9.17, 15) is 9.59 Å². The van der Waals surface area contributed by atoms with Crippen molar-refractivity contribution in [2.24, 2.45) is 0 Å². The lowest BCUT2D eigenvalue weighted by Crippen LogP contribution is -2.24. The van der Waals surface area contributed by atoms with Gasteiger partial charge in [-0.15, -0.1) is 0 Å². The van der Waals surface area contributed by atoms with Crippen molar-refractivity contribution < 1.29 is 14.7 Å². The largest absolute Gasteiger partial charge is 0.476 e. The van der Waals surface area contributed by atoms with Crippen LogP contribution in [0.25, 0.3) is 0 Å². The van der Waals surface area contributed by atoms with E-state index >= 15 is 0 Å². The smallest absolute Gasteiger partial charge is 0.356 e. The number of hydrogen-bond acceptors (Lipinski definition) is 6. The summed E-state index contributed by atoms with van der Waals surface area (Å²) >= 11 is 1.08. The van der Waals surface area contributed by atoms with Crippen molar-refractivity contribution in [1.29, 1.82) is 0 Å². The van der Waals surface area contributed by atoms with Crippen molar-refractivity contribution in [2.45, 2.75) is 13.8 Å². The van der Waals surface area contributed by atoms with Crippen molar-refractivity contribution in [2.75, 3.05) is 32.0 Å². The molecule has 0 aliphatic carbocycles. The number of carboxylic acids is 1. The second-order valence-corrected chi connectivity index (χ2v) is 4.88. The van der Waals surface area contributed by atoms with E-state index < -0.39 is 5.97 Å². The summed E-state index contributed by atoms with van der Waals surface area (Å²) in [6, 6.07) is 0. The molecule has 0 amide bonds. The van der Waals surface area contributed by atoms with Crippen molar-refractivity contribution in [3.63, 3.8) is 0 Å². The number of carbonyl (C=O) groups excluding carboxylic acids is 1. The van der Waals surface area contributed by atoms with E-state index in [1.165, 1.54) is 6.92 Å². The fraction of sp³-hybridized carbons (Fsp3) is 0.545. The Balaban J connectivity index is 2.70. The number of anilines is 1. The summed E-state index contributed by atoms with van der Waals surface area (Å²) in [4.78, 5) is 28.4. The summed E-state index contributed by atoms with van der Waals surface area (Å²) in [5.74, 6) is -1.45. The maximum atomic E-state index is 11.3. The van der Waals surface area contributed by atoms with Crippen LogP contribution in [0.5, 0.6) is 0 Å². The third-order valence-electron chi connectivity index (χ3n) is 2.46. The molecule has 1 rings (SSSR count). The van der Waals surface area contributed by atoms with Crippen LogP contribution in [0.15, 0.2) is 0 Å². The minimum Gasteiger partial charge on any atom is -0.476 e.